The maximum Gasteiger partial charge on any atom is 0.341 e. The SMILES string of the molecule is COC(=O)c1c(NC(=O)CCSc2ccc(F)cc2)sc2c1CCCC2. The zero-order valence-electron chi connectivity index (χ0n) is 14.5. The van der Waals surface area contributed by atoms with Crippen molar-refractivity contribution in [3.8, 4) is 0 Å². The standard InChI is InChI=1S/C19H20FNO3S2/c1-24-19(23)17-14-4-2-3-5-15(14)26-18(17)21-16(22)10-11-25-13-8-6-12(20)7-9-13/h6-9H,2-5,10-11H2,1H3,(H,21,22). The van der Waals surface area contributed by atoms with Crippen molar-refractivity contribution in [3.63, 3.8) is 0 Å². The van der Waals surface area contributed by atoms with Crippen molar-refractivity contribution in [2.45, 2.75) is 37.0 Å². The van der Waals surface area contributed by atoms with Gasteiger partial charge >= 0.3 is 5.97 Å². The van der Waals surface area contributed by atoms with E-state index in [1.807, 2.05) is 0 Å². The van der Waals surface area contributed by atoms with E-state index in [1.54, 1.807) is 12.1 Å². The van der Waals surface area contributed by atoms with Crippen LogP contribution in [0.3, 0.4) is 0 Å². The first kappa shape index (κ1) is 18.9. The second-order valence-electron chi connectivity index (χ2n) is 6.01. The molecule has 0 fully saturated rings. The predicted molar refractivity (Wildman–Crippen MR) is 103 cm³/mol. The van der Waals surface area contributed by atoms with Gasteiger partial charge in [0.2, 0.25) is 5.91 Å². The van der Waals surface area contributed by atoms with Crippen molar-refractivity contribution >= 4 is 40.0 Å². The number of carbonyl (C=O) groups is 2. The number of methoxy groups -OCH3 is 1. The molecular formula is C19H20FNO3S2. The molecule has 0 atom stereocenters. The molecule has 0 bridgehead atoms. The van der Waals surface area contributed by atoms with Gasteiger partial charge in [0.1, 0.15) is 10.8 Å². The van der Waals surface area contributed by atoms with E-state index >= 15 is 0 Å². The maximum atomic E-state index is 12.9. The molecule has 0 saturated heterocycles. The summed E-state index contributed by atoms with van der Waals surface area (Å²) in [7, 11) is 1.36. The molecule has 3 rings (SSSR count). The van der Waals surface area contributed by atoms with Crippen LogP contribution in [0.5, 0.6) is 0 Å². The second kappa shape index (κ2) is 8.68. The number of nitrogens with one attached hydrogen (secondary N) is 1. The number of thioether (sulfide) groups is 1. The summed E-state index contributed by atoms with van der Waals surface area (Å²) in [6.45, 7) is 0. The molecule has 0 radical (unpaired) electrons. The van der Waals surface area contributed by atoms with Crippen molar-refractivity contribution in [2.75, 3.05) is 18.2 Å². The lowest BCUT2D eigenvalue weighted by molar-refractivity contribution is -0.115. The fourth-order valence-electron chi connectivity index (χ4n) is 2.95. The minimum Gasteiger partial charge on any atom is -0.465 e. The van der Waals surface area contributed by atoms with Gasteiger partial charge < -0.3 is 10.1 Å². The Morgan fingerprint density at radius 1 is 1.23 bits per heavy atom. The molecule has 26 heavy (non-hydrogen) atoms. The first-order valence-electron chi connectivity index (χ1n) is 8.49. The number of anilines is 1. The largest absolute Gasteiger partial charge is 0.465 e. The molecule has 1 heterocycles. The van der Waals surface area contributed by atoms with Gasteiger partial charge in [0.05, 0.1) is 12.7 Å². The average Bonchev–Trinajstić information content (AvgIpc) is 3.00. The van der Waals surface area contributed by atoms with E-state index in [1.165, 1.54) is 47.2 Å². The smallest absolute Gasteiger partial charge is 0.341 e. The molecule has 1 amide bonds. The van der Waals surface area contributed by atoms with E-state index in [-0.39, 0.29) is 17.7 Å². The predicted octanol–water partition coefficient (Wildman–Crippen LogP) is 4.67. The number of esters is 1. The number of ether oxygens (including phenoxy) is 1. The van der Waals surface area contributed by atoms with Gasteiger partial charge in [-0.25, -0.2) is 9.18 Å². The van der Waals surface area contributed by atoms with Gasteiger partial charge in [-0.3, -0.25) is 4.79 Å². The number of hydrogen-bond acceptors (Lipinski definition) is 5. The van der Waals surface area contributed by atoms with Gasteiger partial charge in [-0.2, -0.15) is 0 Å². The first-order chi connectivity index (χ1) is 12.6. The highest BCUT2D eigenvalue weighted by atomic mass is 32.2. The molecule has 1 aliphatic carbocycles. The van der Waals surface area contributed by atoms with Crippen LogP contribution in [0.2, 0.25) is 0 Å². The highest BCUT2D eigenvalue weighted by Gasteiger charge is 2.26. The number of benzene rings is 1. The zero-order valence-corrected chi connectivity index (χ0v) is 16.1. The van der Waals surface area contributed by atoms with Crippen LogP contribution in [-0.4, -0.2) is 24.7 Å². The summed E-state index contributed by atoms with van der Waals surface area (Å²) in [6.07, 6.45) is 4.27. The second-order valence-corrected chi connectivity index (χ2v) is 8.28. The number of thiophene rings is 1. The molecule has 0 spiro atoms. The molecule has 1 N–H and O–H groups in total. The fraction of sp³-hybridized carbons (Fsp3) is 0.368. The average molecular weight is 394 g/mol. The highest BCUT2D eigenvalue weighted by Crippen LogP contribution is 2.38. The van der Waals surface area contributed by atoms with Crippen LogP contribution >= 0.6 is 23.1 Å². The number of aryl methyl sites for hydroxylation is 1. The van der Waals surface area contributed by atoms with E-state index in [9.17, 15) is 14.0 Å². The first-order valence-corrected chi connectivity index (χ1v) is 10.3. The molecule has 138 valence electrons. The molecule has 1 aromatic carbocycles. The maximum absolute atomic E-state index is 12.9. The number of amides is 1. The van der Waals surface area contributed by atoms with E-state index in [0.717, 1.165) is 36.1 Å². The van der Waals surface area contributed by atoms with Crippen molar-refractivity contribution in [1.29, 1.82) is 0 Å². The van der Waals surface area contributed by atoms with Gasteiger partial charge in [0.15, 0.2) is 0 Å². The van der Waals surface area contributed by atoms with Crippen molar-refractivity contribution < 1.29 is 18.7 Å². The van der Waals surface area contributed by atoms with E-state index in [0.29, 0.717) is 22.7 Å². The van der Waals surface area contributed by atoms with Crippen molar-refractivity contribution in [1.82, 2.24) is 0 Å². The Morgan fingerprint density at radius 3 is 2.69 bits per heavy atom. The molecule has 0 saturated carbocycles. The summed E-state index contributed by atoms with van der Waals surface area (Å²) in [6, 6.07) is 6.20. The van der Waals surface area contributed by atoms with Crippen LogP contribution in [0.4, 0.5) is 9.39 Å². The molecular weight excluding hydrogens is 373 g/mol. The Balaban J connectivity index is 1.62. The van der Waals surface area contributed by atoms with Gasteiger partial charge in [0.25, 0.3) is 0 Å². The topological polar surface area (TPSA) is 55.4 Å². The molecule has 0 unspecified atom stereocenters. The summed E-state index contributed by atoms with van der Waals surface area (Å²) in [5.74, 6) is -0.219. The Labute approximate surface area is 160 Å². The molecule has 4 nitrogen and oxygen atoms in total. The van der Waals surface area contributed by atoms with Crippen LogP contribution < -0.4 is 5.32 Å². The molecule has 0 aliphatic heterocycles. The normalized spacial score (nSPS) is 13.2. The van der Waals surface area contributed by atoms with Crippen LogP contribution in [0.15, 0.2) is 29.2 Å². The minimum atomic E-state index is -0.389. The lowest BCUT2D eigenvalue weighted by Crippen LogP contribution is -2.15. The lowest BCUT2D eigenvalue weighted by atomic mass is 9.95. The van der Waals surface area contributed by atoms with Gasteiger partial charge in [-0.15, -0.1) is 23.1 Å². The van der Waals surface area contributed by atoms with Crippen molar-refractivity contribution in [3.05, 3.63) is 46.1 Å². The number of hydrogen-bond donors (Lipinski definition) is 1. The van der Waals surface area contributed by atoms with Crippen LogP contribution in [-0.2, 0) is 22.4 Å². The summed E-state index contributed by atoms with van der Waals surface area (Å²) >= 11 is 2.98. The zero-order chi connectivity index (χ0) is 18.5. The highest BCUT2D eigenvalue weighted by molar-refractivity contribution is 7.99. The van der Waals surface area contributed by atoms with Gasteiger partial charge in [-0.05, 0) is 55.5 Å². The third-order valence-electron chi connectivity index (χ3n) is 4.23. The summed E-state index contributed by atoms with van der Waals surface area (Å²) in [5, 5.41) is 3.48. The summed E-state index contributed by atoms with van der Waals surface area (Å²) in [4.78, 5) is 26.6. The number of rotatable bonds is 6. The monoisotopic (exact) mass is 393 g/mol. The summed E-state index contributed by atoms with van der Waals surface area (Å²) in [5.41, 5.74) is 1.55. The fourth-order valence-corrected chi connectivity index (χ4v) is 5.10. The molecule has 1 aromatic heterocycles. The van der Waals surface area contributed by atoms with Crippen LogP contribution in [0.1, 0.15) is 40.1 Å². The van der Waals surface area contributed by atoms with E-state index in [2.05, 4.69) is 5.32 Å². The third-order valence-corrected chi connectivity index (χ3v) is 6.45. The Kier molecular flexibility index (Phi) is 6.32. The minimum absolute atomic E-state index is 0.136. The Hall–Kier alpha value is -1.86. The molecule has 7 heteroatoms. The van der Waals surface area contributed by atoms with Crippen LogP contribution in [0, 0.1) is 5.82 Å². The third kappa shape index (κ3) is 4.45. The summed E-state index contributed by atoms with van der Waals surface area (Å²) < 4.78 is 17.8. The van der Waals surface area contributed by atoms with Crippen LogP contribution in [0.25, 0.3) is 0 Å². The van der Waals surface area contributed by atoms with E-state index in [4.69, 9.17) is 4.74 Å². The number of halogens is 1. The van der Waals surface area contributed by atoms with E-state index < -0.39 is 0 Å². The lowest BCUT2D eigenvalue weighted by Gasteiger charge is -2.11. The van der Waals surface area contributed by atoms with Gasteiger partial charge in [0, 0.05) is 21.9 Å². The Bertz CT molecular complexity index is 802. The number of carbonyl (C=O) groups excluding carboxylic acids is 2. The molecule has 1 aliphatic rings. The number of fused-ring (bicyclic) bond motifs is 1. The van der Waals surface area contributed by atoms with Gasteiger partial charge in [-0.1, -0.05) is 0 Å². The Morgan fingerprint density at radius 2 is 1.96 bits per heavy atom. The van der Waals surface area contributed by atoms with Crippen molar-refractivity contribution in [2.24, 2.45) is 0 Å². The molecule has 2 aromatic rings. The quantitative estimate of drug-likeness (QED) is 0.572.